The summed E-state index contributed by atoms with van der Waals surface area (Å²) in [4.78, 5) is 5.16. The summed E-state index contributed by atoms with van der Waals surface area (Å²) in [5.41, 5.74) is 6.03. The average Bonchev–Trinajstić information content (AvgIpc) is 3.22. The van der Waals surface area contributed by atoms with Crippen molar-refractivity contribution in [3.63, 3.8) is 0 Å². The van der Waals surface area contributed by atoms with E-state index in [1.54, 1.807) is 7.11 Å². The highest BCUT2D eigenvalue weighted by atomic mass is 16.5. The average molecular weight is 420 g/mol. The molecule has 164 valence electrons. The van der Waals surface area contributed by atoms with Gasteiger partial charge in [-0.25, -0.2) is 4.68 Å². The van der Waals surface area contributed by atoms with Crippen molar-refractivity contribution in [1.82, 2.24) is 19.9 Å². The Hall–Kier alpha value is -2.60. The molecule has 2 aliphatic rings. The molecule has 1 saturated heterocycles. The lowest BCUT2D eigenvalue weighted by atomic mass is 9.89. The fourth-order valence-electron chi connectivity index (χ4n) is 5.38. The van der Waals surface area contributed by atoms with Gasteiger partial charge in [0.15, 0.2) is 0 Å². The molecule has 0 spiro atoms. The number of nitrogens with zero attached hydrogens (tertiary/aromatic N) is 5. The molecule has 2 atom stereocenters. The Labute approximate surface area is 184 Å². The fourth-order valence-corrected chi connectivity index (χ4v) is 5.38. The molecule has 0 bridgehead atoms. The Kier molecular flexibility index (Phi) is 5.57. The molecular weight excluding hydrogens is 386 g/mol. The number of para-hydroxylation sites is 2. The number of anilines is 1. The predicted molar refractivity (Wildman–Crippen MR) is 125 cm³/mol. The maximum atomic E-state index is 5.58. The van der Waals surface area contributed by atoms with Crippen molar-refractivity contribution in [1.29, 1.82) is 0 Å². The second kappa shape index (κ2) is 8.50. The number of aryl methyl sites for hydroxylation is 2. The van der Waals surface area contributed by atoms with Crippen LogP contribution in [0.5, 0.6) is 5.75 Å². The van der Waals surface area contributed by atoms with Crippen LogP contribution in [-0.2, 0) is 0 Å². The number of methoxy groups -OCH3 is 1. The van der Waals surface area contributed by atoms with Gasteiger partial charge >= 0.3 is 0 Å². The quantitative estimate of drug-likeness (QED) is 0.629. The molecule has 2 fully saturated rings. The first-order valence-electron chi connectivity index (χ1n) is 11.6. The molecule has 0 N–H and O–H groups in total. The van der Waals surface area contributed by atoms with Gasteiger partial charge in [0.2, 0.25) is 0 Å². The van der Waals surface area contributed by atoms with Crippen molar-refractivity contribution in [3.8, 4) is 5.75 Å². The molecule has 1 aromatic heterocycles. The van der Waals surface area contributed by atoms with E-state index in [9.17, 15) is 0 Å². The first-order chi connectivity index (χ1) is 15.1. The van der Waals surface area contributed by atoms with E-state index in [2.05, 4.69) is 69.0 Å². The Morgan fingerprint density at radius 3 is 2.48 bits per heavy atom. The topological polar surface area (TPSA) is 46.4 Å². The molecule has 0 radical (unpaired) electrons. The highest BCUT2D eigenvalue weighted by molar-refractivity contribution is 5.76. The van der Waals surface area contributed by atoms with Crippen LogP contribution in [0.3, 0.4) is 0 Å². The number of hydrogen-bond acceptors (Lipinski definition) is 5. The number of benzene rings is 2. The Morgan fingerprint density at radius 1 is 0.935 bits per heavy atom. The lowest BCUT2D eigenvalue weighted by Crippen LogP contribution is -2.51. The molecule has 1 aliphatic heterocycles. The lowest BCUT2D eigenvalue weighted by molar-refractivity contribution is 0.122. The number of aromatic nitrogens is 3. The van der Waals surface area contributed by atoms with Gasteiger partial charge in [-0.2, -0.15) is 0 Å². The molecule has 0 amide bonds. The van der Waals surface area contributed by atoms with Gasteiger partial charge in [0.1, 0.15) is 11.3 Å². The van der Waals surface area contributed by atoms with Crippen LogP contribution in [-0.4, -0.2) is 59.2 Å². The van der Waals surface area contributed by atoms with E-state index in [0.29, 0.717) is 12.1 Å². The summed E-state index contributed by atoms with van der Waals surface area (Å²) >= 11 is 0. The van der Waals surface area contributed by atoms with Crippen LogP contribution in [0.4, 0.5) is 5.69 Å². The number of piperazine rings is 1. The third-order valence-corrected chi connectivity index (χ3v) is 7.31. The zero-order chi connectivity index (χ0) is 21.4. The van der Waals surface area contributed by atoms with Gasteiger partial charge in [-0.1, -0.05) is 17.3 Å². The minimum atomic E-state index is 0.443. The van der Waals surface area contributed by atoms with Crippen molar-refractivity contribution >= 4 is 16.7 Å². The van der Waals surface area contributed by atoms with Gasteiger partial charge in [0, 0.05) is 32.2 Å². The number of fused-ring (bicyclic) bond motifs is 1. The number of ether oxygens (including phenoxy) is 1. The summed E-state index contributed by atoms with van der Waals surface area (Å²) in [6.45, 7) is 8.63. The molecule has 5 rings (SSSR count). The second-order valence-corrected chi connectivity index (χ2v) is 9.13. The summed E-state index contributed by atoms with van der Waals surface area (Å²) in [7, 11) is 1.76. The van der Waals surface area contributed by atoms with Gasteiger partial charge in [-0.15, -0.1) is 5.10 Å². The third-order valence-electron chi connectivity index (χ3n) is 7.31. The summed E-state index contributed by atoms with van der Waals surface area (Å²) in [6, 6.07) is 13.9. The van der Waals surface area contributed by atoms with Crippen LogP contribution in [0.15, 0.2) is 36.4 Å². The smallest absolute Gasteiger partial charge is 0.142 e. The van der Waals surface area contributed by atoms with Crippen molar-refractivity contribution in [2.45, 2.75) is 51.6 Å². The standard InChI is InChI=1S/C25H33N5O/c1-18-15-22-24(16-19(18)2)30(27-26-22)21-8-6-7-20(17-21)28-11-13-29(14-12-28)23-9-4-5-10-25(23)31-3/h4-5,9-10,15-16,20-21H,6-8,11-14,17H2,1-3H3/t20-,21-/m1/s1. The van der Waals surface area contributed by atoms with E-state index >= 15 is 0 Å². The Morgan fingerprint density at radius 2 is 1.68 bits per heavy atom. The largest absolute Gasteiger partial charge is 0.495 e. The maximum absolute atomic E-state index is 5.58. The molecule has 1 aliphatic carbocycles. The van der Waals surface area contributed by atoms with Crippen molar-refractivity contribution in [2.75, 3.05) is 38.2 Å². The molecule has 6 heteroatoms. The Balaban J connectivity index is 1.27. The summed E-state index contributed by atoms with van der Waals surface area (Å²) in [5, 5.41) is 9.05. The van der Waals surface area contributed by atoms with E-state index in [4.69, 9.17) is 4.74 Å². The first kappa shape index (κ1) is 20.3. The van der Waals surface area contributed by atoms with Gasteiger partial charge in [0.05, 0.1) is 24.4 Å². The highest BCUT2D eigenvalue weighted by Crippen LogP contribution is 2.34. The van der Waals surface area contributed by atoms with Crippen LogP contribution in [0.2, 0.25) is 0 Å². The molecule has 3 aromatic rings. The predicted octanol–water partition coefficient (Wildman–Crippen LogP) is 4.36. The normalized spacial score (nSPS) is 22.7. The van der Waals surface area contributed by atoms with Crippen LogP contribution in [0.25, 0.3) is 11.0 Å². The molecule has 31 heavy (non-hydrogen) atoms. The molecule has 2 heterocycles. The SMILES string of the molecule is COc1ccccc1N1CCN([C@@H]2CCC[C@@H](n3nnc4cc(C)c(C)cc43)C2)CC1. The van der Waals surface area contributed by atoms with Crippen molar-refractivity contribution < 1.29 is 4.74 Å². The maximum Gasteiger partial charge on any atom is 0.142 e. The molecule has 6 nitrogen and oxygen atoms in total. The zero-order valence-electron chi connectivity index (χ0n) is 18.9. The van der Waals surface area contributed by atoms with Crippen molar-refractivity contribution in [2.24, 2.45) is 0 Å². The Bertz CT molecular complexity index is 1050. The van der Waals surface area contributed by atoms with Crippen molar-refractivity contribution in [3.05, 3.63) is 47.5 Å². The monoisotopic (exact) mass is 419 g/mol. The minimum Gasteiger partial charge on any atom is -0.495 e. The van der Waals surface area contributed by atoms with Gasteiger partial charge in [-0.05, 0) is 74.9 Å². The molecular formula is C25H33N5O. The molecule has 0 unspecified atom stereocenters. The van der Waals surface area contributed by atoms with Gasteiger partial charge < -0.3 is 9.64 Å². The third kappa shape index (κ3) is 3.89. The van der Waals surface area contributed by atoms with Gasteiger partial charge in [-0.3, -0.25) is 4.90 Å². The van der Waals surface area contributed by atoms with Crippen LogP contribution in [0, 0.1) is 13.8 Å². The lowest BCUT2D eigenvalue weighted by Gasteiger charge is -2.43. The van der Waals surface area contributed by atoms with E-state index < -0.39 is 0 Å². The summed E-state index contributed by atoms with van der Waals surface area (Å²) in [5.74, 6) is 0.970. The van der Waals surface area contributed by atoms with E-state index in [0.717, 1.165) is 37.4 Å². The molecule has 2 aromatic carbocycles. The summed E-state index contributed by atoms with van der Waals surface area (Å²) < 4.78 is 7.78. The van der Waals surface area contributed by atoms with Crippen LogP contribution in [0.1, 0.15) is 42.9 Å². The van der Waals surface area contributed by atoms with E-state index in [1.807, 2.05) is 6.07 Å². The van der Waals surface area contributed by atoms with E-state index in [-0.39, 0.29) is 0 Å². The van der Waals surface area contributed by atoms with Crippen LogP contribution >= 0.6 is 0 Å². The highest BCUT2D eigenvalue weighted by Gasteiger charge is 2.31. The number of hydrogen-bond donors (Lipinski definition) is 0. The minimum absolute atomic E-state index is 0.443. The van der Waals surface area contributed by atoms with Gasteiger partial charge in [0.25, 0.3) is 0 Å². The second-order valence-electron chi connectivity index (χ2n) is 9.13. The van der Waals surface area contributed by atoms with Crippen LogP contribution < -0.4 is 9.64 Å². The fraction of sp³-hybridized carbons (Fsp3) is 0.520. The summed E-state index contributed by atoms with van der Waals surface area (Å²) in [6.07, 6.45) is 4.91. The first-order valence-corrected chi connectivity index (χ1v) is 11.6. The number of rotatable bonds is 4. The zero-order valence-corrected chi connectivity index (χ0v) is 18.9. The van der Waals surface area contributed by atoms with E-state index in [1.165, 1.54) is 48.0 Å². The molecule has 1 saturated carbocycles.